The number of rotatable bonds is 28. The molecule has 5 amide bonds. The lowest BCUT2D eigenvalue weighted by Crippen LogP contribution is -2.60. The van der Waals surface area contributed by atoms with Crippen molar-refractivity contribution < 1.29 is 39.0 Å². The number of phenols is 1. The van der Waals surface area contributed by atoms with E-state index in [1.807, 2.05) is 45.0 Å². The first-order chi connectivity index (χ1) is 31.8. The fraction of sp³-hybridized carbons (Fsp3) is 0.565. The molecule has 1 aliphatic heterocycles. The number of aromatic hydroxyl groups is 1. The molecule has 0 unspecified atom stereocenters. The van der Waals surface area contributed by atoms with Gasteiger partial charge in [0.05, 0.1) is 12.5 Å². The van der Waals surface area contributed by atoms with Gasteiger partial charge in [0.15, 0.2) is 11.9 Å². The molecule has 0 aliphatic carbocycles. The van der Waals surface area contributed by atoms with Gasteiger partial charge in [0, 0.05) is 42.2 Å². The highest BCUT2D eigenvalue weighted by Gasteiger charge is 2.39. The predicted octanol–water partition coefficient (Wildman–Crippen LogP) is 0.954. The number of aliphatic carboxylic acids is 1. The average molecular weight is 1050 g/mol. The Balaban J connectivity index is 1.88. The van der Waals surface area contributed by atoms with Crippen molar-refractivity contribution in [3.63, 3.8) is 0 Å². The smallest absolute Gasteiger partial charge is 0.326 e. The molecule has 1 fully saturated rings. The first-order valence-electron chi connectivity index (χ1n) is 22.9. The Morgan fingerprint density at radius 2 is 1.46 bits per heavy atom. The van der Waals surface area contributed by atoms with Crippen molar-refractivity contribution in [2.75, 3.05) is 26.2 Å². The molecule has 0 radical (unpaired) electrons. The van der Waals surface area contributed by atoms with E-state index >= 15 is 0 Å². The minimum absolute atomic E-state index is 0.000124. The van der Waals surface area contributed by atoms with E-state index < -0.39 is 65.9 Å². The van der Waals surface area contributed by atoms with E-state index in [4.69, 9.17) is 22.9 Å². The summed E-state index contributed by atoms with van der Waals surface area (Å²) in [7, 11) is 0. The van der Waals surface area contributed by atoms with Crippen LogP contribution >= 0.6 is 22.6 Å². The Bertz CT molecular complexity index is 2010. The van der Waals surface area contributed by atoms with E-state index in [1.54, 1.807) is 19.1 Å². The normalized spacial score (nSPS) is 16.1. The van der Waals surface area contributed by atoms with Crippen LogP contribution in [0.2, 0.25) is 0 Å². The van der Waals surface area contributed by atoms with E-state index in [0.29, 0.717) is 50.6 Å². The number of guanidine groups is 2. The Morgan fingerprint density at radius 3 is 2.06 bits per heavy atom. The fourth-order valence-corrected chi connectivity index (χ4v) is 8.30. The van der Waals surface area contributed by atoms with Gasteiger partial charge in [-0.1, -0.05) is 64.4 Å². The minimum Gasteiger partial charge on any atom is -0.508 e. The Hall–Kier alpha value is -5.71. The van der Waals surface area contributed by atoms with E-state index in [-0.39, 0.29) is 80.7 Å². The number of benzene rings is 2. The number of hydrogen-bond donors (Lipinski definition) is 11. The van der Waals surface area contributed by atoms with Crippen LogP contribution in [0.15, 0.2) is 58.5 Å². The summed E-state index contributed by atoms with van der Waals surface area (Å²) in [4.78, 5) is 91.9. The van der Waals surface area contributed by atoms with Gasteiger partial charge in [-0.2, -0.15) is 0 Å². The summed E-state index contributed by atoms with van der Waals surface area (Å²) in [5.74, 6) is -4.31. The van der Waals surface area contributed by atoms with Gasteiger partial charge in [0.1, 0.15) is 29.9 Å². The second-order valence-electron chi connectivity index (χ2n) is 17.4. The quantitative estimate of drug-likeness (QED) is 0.0245. The first kappa shape index (κ1) is 55.6. The summed E-state index contributed by atoms with van der Waals surface area (Å²) < 4.78 is 0.950. The molecule has 0 bridgehead atoms. The molecule has 1 heterocycles. The summed E-state index contributed by atoms with van der Waals surface area (Å²) in [6, 6.07) is 7.90. The van der Waals surface area contributed by atoms with E-state index in [2.05, 4.69) is 59.2 Å². The molecule has 0 spiro atoms. The molecule has 21 heteroatoms. The topological polar surface area (TPSA) is 335 Å². The lowest BCUT2D eigenvalue weighted by atomic mass is 9.96. The van der Waals surface area contributed by atoms with Crippen LogP contribution in [-0.4, -0.2) is 125 Å². The molecule has 67 heavy (non-hydrogen) atoms. The highest BCUT2D eigenvalue weighted by Crippen LogP contribution is 2.22. The Kier molecular flexibility index (Phi) is 23.6. The number of nitrogens with one attached hydrogen (secondary N) is 5. The van der Waals surface area contributed by atoms with E-state index in [9.17, 15) is 39.0 Å². The zero-order valence-electron chi connectivity index (χ0n) is 39.0. The number of aliphatic imine (C=N–C) groups is 2. The number of hydrogen-bond acceptors (Lipinski definition) is 10. The first-order valence-corrected chi connectivity index (χ1v) is 24.0. The van der Waals surface area contributed by atoms with Crippen LogP contribution in [0, 0.1) is 15.4 Å². The van der Waals surface area contributed by atoms with Crippen molar-refractivity contribution in [3.8, 4) is 5.75 Å². The van der Waals surface area contributed by atoms with Crippen LogP contribution in [0.3, 0.4) is 0 Å². The molecule has 370 valence electrons. The van der Waals surface area contributed by atoms with Crippen molar-refractivity contribution in [2.24, 2.45) is 44.8 Å². The summed E-state index contributed by atoms with van der Waals surface area (Å²) in [5, 5.41) is 34.5. The number of halogens is 1. The molecular weight excluding hydrogens is 979 g/mol. The second-order valence-corrected chi connectivity index (χ2v) is 18.6. The van der Waals surface area contributed by atoms with Crippen molar-refractivity contribution in [1.82, 2.24) is 31.5 Å². The Morgan fingerprint density at radius 1 is 0.821 bits per heavy atom. The SMILES string of the molecule is CC[C@H](C)[C@H](NC(=O)[C@H](Cc1ccc(O)cc1)NC(=O)[C@@H]1CCCN1C(=O)[C@H](CCCN=C(N)N)NC[C@H](CCCN=C(N)N)NC(=O)Cc1ccccc1[131I])C(=O)N[C@@H](CC(C)C)C(=O)O. The zero-order chi connectivity index (χ0) is 49.6. The van der Waals surface area contributed by atoms with Crippen LogP contribution < -0.4 is 49.5 Å². The number of phenolic OH excluding ortho intramolecular Hbond substituents is 1. The highest BCUT2D eigenvalue weighted by molar-refractivity contribution is 14.1. The molecule has 0 aromatic heterocycles. The lowest BCUT2D eigenvalue weighted by Gasteiger charge is -2.31. The highest BCUT2D eigenvalue weighted by atomic mass is 131. The molecule has 20 nitrogen and oxygen atoms in total. The van der Waals surface area contributed by atoms with Crippen LogP contribution in [0.25, 0.3) is 0 Å². The van der Waals surface area contributed by atoms with Gasteiger partial charge in [-0.25, -0.2) is 4.79 Å². The van der Waals surface area contributed by atoms with Gasteiger partial charge in [0.2, 0.25) is 29.5 Å². The van der Waals surface area contributed by atoms with Gasteiger partial charge in [-0.05, 0) is 109 Å². The molecule has 7 atom stereocenters. The van der Waals surface area contributed by atoms with Crippen molar-refractivity contribution in [3.05, 3.63) is 63.2 Å². The van der Waals surface area contributed by atoms with E-state index in [0.717, 1.165) is 9.13 Å². The number of carboxylic acids is 1. The van der Waals surface area contributed by atoms with Gasteiger partial charge in [-0.15, -0.1) is 0 Å². The number of carboxylic acid groups (broad SMARTS) is 1. The van der Waals surface area contributed by atoms with Crippen LogP contribution in [0.4, 0.5) is 0 Å². The number of amides is 5. The van der Waals surface area contributed by atoms with Crippen LogP contribution in [0.5, 0.6) is 5.75 Å². The second kappa shape index (κ2) is 28.5. The number of likely N-dealkylation sites (tertiary alicyclic amines) is 1. The summed E-state index contributed by atoms with van der Waals surface area (Å²) in [5.41, 5.74) is 23.7. The minimum atomic E-state index is -1.24. The number of nitrogens with two attached hydrogens (primary N) is 4. The molecule has 2 aromatic rings. The molecule has 3 rings (SSSR count). The van der Waals surface area contributed by atoms with Crippen molar-refractivity contribution in [1.29, 1.82) is 0 Å². The standard InChI is InChI=1S/C46H71IN12O8/c1-5-28(4)39(42(64)57-36(44(66)67)23-27(2)3)58-40(62)35(24-29-16-18-32(60)19-17-29)56-41(63)37-15-10-22-59(37)43(65)34(14-9-21-53-46(50)51)54-26-31(12-8-20-52-45(48)49)55-38(61)25-30-11-6-7-13-33(30)47/h6-7,11,13,16-19,27-28,31,34-37,39,54,60H,5,8-10,12,14-15,20-26H2,1-4H3,(H,55,61)(H,56,63)(H,57,64)(H,58,62)(H,66,67)(H4,48,49,52)(H4,50,51,53)/t28-,31-,34-,35-,36-,37-,39-/m0/s1/i47+4. The summed E-state index contributed by atoms with van der Waals surface area (Å²) in [6.07, 6.45) is 3.26. The molecule has 1 saturated heterocycles. The van der Waals surface area contributed by atoms with E-state index in [1.165, 1.54) is 17.0 Å². The monoisotopic (exact) mass is 1050 g/mol. The van der Waals surface area contributed by atoms with Crippen LogP contribution in [0.1, 0.15) is 90.2 Å². The van der Waals surface area contributed by atoms with Gasteiger partial charge >= 0.3 is 5.97 Å². The van der Waals surface area contributed by atoms with Crippen molar-refractivity contribution >= 4 is 70.0 Å². The molecule has 1 aliphatic rings. The molecule has 2 aromatic carbocycles. The maximum absolute atomic E-state index is 14.6. The van der Waals surface area contributed by atoms with Gasteiger partial charge in [0.25, 0.3) is 0 Å². The zero-order valence-corrected chi connectivity index (χ0v) is 41.2. The average Bonchev–Trinajstić information content (AvgIpc) is 3.77. The summed E-state index contributed by atoms with van der Waals surface area (Å²) >= 11 is 2.19. The van der Waals surface area contributed by atoms with Crippen LogP contribution in [-0.2, 0) is 41.6 Å². The molecule has 15 N–H and O–H groups in total. The number of carbonyl (C=O) groups excluding carboxylic acids is 5. The maximum Gasteiger partial charge on any atom is 0.326 e. The van der Waals surface area contributed by atoms with Crippen molar-refractivity contribution in [2.45, 2.75) is 128 Å². The molecular formula is C46H71IN12O8. The Labute approximate surface area is 406 Å². The van der Waals surface area contributed by atoms with Gasteiger partial charge in [-0.3, -0.25) is 34.0 Å². The predicted molar refractivity (Wildman–Crippen MR) is 265 cm³/mol. The third kappa shape index (κ3) is 19.6. The number of carbonyl (C=O) groups is 6. The number of nitrogens with zero attached hydrogens (tertiary/aromatic N) is 3. The third-order valence-corrected chi connectivity index (χ3v) is 12.5. The summed E-state index contributed by atoms with van der Waals surface area (Å²) in [6.45, 7) is 8.28. The maximum atomic E-state index is 14.6. The van der Waals surface area contributed by atoms with Gasteiger partial charge < -0.3 is 64.6 Å². The lowest BCUT2D eigenvalue weighted by molar-refractivity contribution is -0.143. The largest absolute Gasteiger partial charge is 0.508 e. The molecule has 0 saturated carbocycles. The fourth-order valence-electron chi connectivity index (χ4n) is 7.72. The third-order valence-electron chi connectivity index (χ3n) is 11.5.